The first-order valence-corrected chi connectivity index (χ1v) is 12.5. The standard InChI is InChI=1S/C21H19N7O3S2/c29-16-10-15-23-18(14-7-4-8-31-14)24-20(27(15)25-16)32-11-13-9-17(30)28-21(22-13)33-19(26-28)12-5-2-1-3-6-12/h4,7-10,12H,1-3,5-6,11H2,(H,25,29). The van der Waals surface area contributed by atoms with E-state index < -0.39 is 0 Å². The fraction of sp³-hybridized carbons (Fsp3) is 0.333. The van der Waals surface area contributed by atoms with Crippen LogP contribution < -0.4 is 11.1 Å². The van der Waals surface area contributed by atoms with E-state index >= 15 is 0 Å². The maximum Gasteiger partial charge on any atom is 0.275 e. The minimum Gasteiger partial charge on any atom is -0.461 e. The number of furan rings is 1. The van der Waals surface area contributed by atoms with E-state index in [2.05, 4.69) is 25.1 Å². The molecular formula is C21H19N7O3S2. The zero-order chi connectivity index (χ0) is 22.4. The maximum atomic E-state index is 12.7. The molecule has 1 aliphatic rings. The summed E-state index contributed by atoms with van der Waals surface area (Å²) in [7, 11) is 0. The predicted molar refractivity (Wildman–Crippen MR) is 124 cm³/mol. The first kappa shape index (κ1) is 20.4. The molecule has 5 heterocycles. The third-order valence-corrected chi connectivity index (χ3v) is 7.73. The number of aromatic amines is 1. The molecular weight excluding hydrogens is 462 g/mol. The highest BCUT2D eigenvalue weighted by Gasteiger charge is 2.21. The fourth-order valence-electron chi connectivity index (χ4n) is 4.09. The van der Waals surface area contributed by atoms with E-state index in [1.807, 2.05) is 0 Å². The van der Waals surface area contributed by atoms with E-state index in [9.17, 15) is 9.59 Å². The fourth-order valence-corrected chi connectivity index (χ4v) is 6.03. The molecule has 0 saturated heterocycles. The largest absolute Gasteiger partial charge is 0.461 e. The summed E-state index contributed by atoms with van der Waals surface area (Å²) in [4.78, 5) is 38.8. The van der Waals surface area contributed by atoms with Gasteiger partial charge in [-0.15, -0.1) is 0 Å². The van der Waals surface area contributed by atoms with Gasteiger partial charge in [-0.1, -0.05) is 42.4 Å². The van der Waals surface area contributed by atoms with Crippen LogP contribution in [0.3, 0.4) is 0 Å². The third-order valence-electron chi connectivity index (χ3n) is 5.68. The van der Waals surface area contributed by atoms with Crippen molar-refractivity contribution in [3.05, 3.63) is 61.9 Å². The second kappa shape index (κ2) is 8.27. The van der Waals surface area contributed by atoms with Crippen LogP contribution in [0.5, 0.6) is 0 Å². The molecule has 1 N–H and O–H groups in total. The molecule has 168 valence electrons. The zero-order valence-corrected chi connectivity index (χ0v) is 19.1. The normalized spacial score (nSPS) is 15.0. The molecule has 10 nitrogen and oxygen atoms in total. The molecule has 0 atom stereocenters. The Kier molecular flexibility index (Phi) is 5.10. The van der Waals surface area contributed by atoms with Crippen molar-refractivity contribution in [3.63, 3.8) is 0 Å². The molecule has 1 fully saturated rings. The summed E-state index contributed by atoms with van der Waals surface area (Å²) in [6.45, 7) is 0. The zero-order valence-electron chi connectivity index (χ0n) is 17.4. The van der Waals surface area contributed by atoms with Crippen LogP contribution in [0.4, 0.5) is 0 Å². The SMILES string of the molecule is O=c1cc2nc(-c3ccco3)nc(SCc3cc(=O)n4nc(C5CCCCC5)sc4n3)n2[nH]1. The highest BCUT2D eigenvalue weighted by Crippen LogP contribution is 2.34. The van der Waals surface area contributed by atoms with E-state index in [0.717, 1.165) is 17.8 Å². The van der Waals surface area contributed by atoms with Crippen molar-refractivity contribution in [2.75, 3.05) is 0 Å². The molecule has 0 aromatic carbocycles. The minimum absolute atomic E-state index is 0.188. The molecule has 1 saturated carbocycles. The van der Waals surface area contributed by atoms with Gasteiger partial charge >= 0.3 is 0 Å². The van der Waals surface area contributed by atoms with Crippen LogP contribution >= 0.6 is 23.1 Å². The molecule has 33 heavy (non-hydrogen) atoms. The number of nitrogens with one attached hydrogen (secondary N) is 1. The van der Waals surface area contributed by atoms with Crippen LogP contribution in [0.1, 0.15) is 48.7 Å². The van der Waals surface area contributed by atoms with E-state index in [-0.39, 0.29) is 11.1 Å². The number of hydrogen-bond acceptors (Lipinski definition) is 9. The van der Waals surface area contributed by atoms with Gasteiger partial charge in [-0.3, -0.25) is 14.7 Å². The van der Waals surface area contributed by atoms with Gasteiger partial charge in [-0.2, -0.15) is 14.6 Å². The van der Waals surface area contributed by atoms with Crippen molar-refractivity contribution in [1.29, 1.82) is 0 Å². The summed E-state index contributed by atoms with van der Waals surface area (Å²) in [5.41, 5.74) is 0.601. The Hall–Kier alpha value is -3.25. The van der Waals surface area contributed by atoms with Crippen molar-refractivity contribution in [3.8, 4) is 11.6 Å². The van der Waals surface area contributed by atoms with Gasteiger partial charge in [0, 0.05) is 23.8 Å². The number of nitrogens with zero attached hydrogens (tertiary/aromatic N) is 6. The van der Waals surface area contributed by atoms with Gasteiger partial charge in [-0.25, -0.2) is 14.5 Å². The van der Waals surface area contributed by atoms with E-state index in [4.69, 9.17) is 4.42 Å². The molecule has 5 aromatic rings. The second-order valence-electron chi connectivity index (χ2n) is 7.97. The Balaban J connectivity index is 1.32. The van der Waals surface area contributed by atoms with Crippen LogP contribution in [-0.2, 0) is 5.75 Å². The highest BCUT2D eigenvalue weighted by molar-refractivity contribution is 7.98. The summed E-state index contributed by atoms with van der Waals surface area (Å²) in [5, 5.41) is 8.78. The second-order valence-corrected chi connectivity index (χ2v) is 9.90. The van der Waals surface area contributed by atoms with Gasteiger partial charge in [-0.05, 0) is 25.0 Å². The van der Waals surface area contributed by atoms with Crippen LogP contribution in [0.15, 0.2) is 49.7 Å². The van der Waals surface area contributed by atoms with Gasteiger partial charge in [0.2, 0.25) is 4.96 Å². The van der Waals surface area contributed by atoms with Gasteiger partial charge in [0.15, 0.2) is 22.4 Å². The Morgan fingerprint density at radius 1 is 1.15 bits per heavy atom. The lowest BCUT2D eigenvalue weighted by Gasteiger charge is -2.18. The summed E-state index contributed by atoms with van der Waals surface area (Å²) in [6.07, 6.45) is 7.47. The lowest BCUT2D eigenvalue weighted by molar-refractivity contribution is 0.439. The van der Waals surface area contributed by atoms with Gasteiger partial charge in [0.1, 0.15) is 5.01 Å². The number of rotatable bonds is 5. The molecule has 12 heteroatoms. The van der Waals surface area contributed by atoms with Crippen molar-refractivity contribution >= 4 is 33.7 Å². The van der Waals surface area contributed by atoms with Crippen LogP contribution in [0, 0.1) is 0 Å². The summed E-state index contributed by atoms with van der Waals surface area (Å²) in [6, 6.07) is 6.42. The molecule has 1 aliphatic carbocycles. The van der Waals surface area contributed by atoms with Crippen LogP contribution in [0.2, 0.25) is 0 Å². The quantitative estimate of drug-likeness (QED) is 0.379. The lowest BCUT2D eigenvalue weighted by Crippen LogP contribution is -2.16. The Morgan fingerprint density at radius 2 is 2.03 bits per heavy atom. The number of H-pyrrole nitrogens is 1. The molecule has 0 unspecified atom stereocenters. The van der Waals surface area contributed by atoms with Crippen LogP contribution in [-0.4, -0.2) is 34.2 Å². The Bertz CT molecular complexity index is 1560. The van der Waals surface area contributed by atoms with E-state index in [1.165, 1.54) is 63.5 Å². The monoisotopic (exact) mass is 481 g/mol. The summed E-state index contributed by atoms with van der Waals surface area (Å²) < 4.78 is 8.35. The first-order valence-electron chi connectivity index (χ1n) is 10.7. The average Bonchev–Trinajstić information content (AvgIpc) is 3.57. The number of hydrogen-bond donors (Lipinski definition) is 1. The molecule has 0 radical (unpaired) electrons. The molecule has 0 amide bonds. The van der Waals surface area contributed by atoms with E-state index in [0.29, 0.717) is 44.7 Å². The van der Waals surface area contributed by atoms with Crippen molar-refractivity contribution in [2.24, 2.45) is 0 Å². The highest BCUT2D eigenvalue weighted by atomic mass is 32.2. The lowest BCUT2D eigenvalue weighted by atomic mass is 9.90. The van der Waals surface area contributed by atoms with Crippen molar-refractivity contribution in [1.82, 2.24) is 34.2 Å². The summed E-state index contributed by atoms with van der Waals surface area (Å²) >= 11 is 2.85. The number of fused-ring (bicyclic) bond motifs is 2. The van der Waals surface area contributed by atoms with Crippen LogP contribution in [0.25, 0.3) is 22.2 Å². The summed E-state index contributed by atoms with van der Waals surface area (Å²) in [5.74, 6) is 1.70. The van der Waals surface area contributed by atoms with E-state index in [1.54, 1.807) is 18.4 Å². The third kappa shape index (κ3) is 3.89. The maximum absolute atomic E-state index is 12.7. The Morgan fingerprint density at radius 3 is 2.85 bits per heavy atom. The minimum atomic E-state index is -0.277. The molecule has 0 spiro atoms. The predicted octanol–water partition coefficient (Wildman–Crippen LogP) is 3.48. The van der Waals surface area contributed by atoms with Crippen molar-refractivity contribution < 1.29 is 4.42 Å². The topological polar surface area (TPSA) is 123 Å². The molecule has 0 bridgehead atoms. The van der Waals surface area contributed by atoms with Gasteiger partial charge in [0.25, 0.3) is 11.1 Å². The van der Waals surface area contributed by atoms with Gasteiger partial charge in [0.05, 0.1) is 12.0 Å². The Labute approximate surface area is 194 Å². The average molecular weight is 482 g/mol. The molecule has 6 rings (SSSR count). The van der Waals surface area contributed by atoms with Crippen molar-refractivity contribution in [2.45, 2.75) is 48.9 Å². The number of aromatic nitrogens is 7. The molecule has 0 aliphatic heterocycles. The molecule has 5 aromatic heterocycles. The van der Waals surface area contributed by atoms with Gasteiger partial charge < -0.3 is 4.42 Å². The smallest absolute Gasteiger partial charge is 0.275 e. The number of thioether (sulfide) groups is 1. The first-order chi connectivity index (χ1) is 16.1.